The number of amides is 2. The number of amidine groups is 1. The number of para-hydroxylation sites is 1. The van der Waals surface area contributed by atoms with Crippen molar-refractivity contribution in [3.8, 4) is 0 Å². The van der Waals surface area contributed by atoms with Crippen LogP contribution in [0.25, 0.3) is 0 Å². The zero-order valence-electron chi connectivity index (χ0n) is 10.5. The number of hydrogen-bond donors (Lipinski definition) is 0. The SMILES string of the molecule is O=C1N(c2ccccc2)C([O-])=N/[N+]1=C\c1ccccc1. The molecule has 0 N–H and O–H groups in total. The number of hydrogen-bond acceptors (Lipinski definition) is 3. The van der Waals surface area contributed by atoms with E-state index >= 15 is 0 Å². The molecule has 0 saturated carbocycles. The van der Waals surface area contributed by atoms with E-state index in [2.05, 4.69) is 5.10 Å². The molecule has 2 amide bonds. The van der Waals surface area contributed by atoms with Gasteiger partial charge >= 0.3 is 6.03 Å². The summed E-state index contributed by atoms with van der Waals surface area (Å²) in [6.45, 7) is 0. The van der Waals surface area contributed by atoms with Crippen LogP contribution in [-0.2, 0) is 0 Å². The Morgan fingerprint density at radius 3 is 2.25 bits per heavy atom. The van der Waals surface area contributed by atoms with Crippen molar-refractivity contribution in [1.82, 2.24) is 0 Å². The van der Waals surface area contributed by atoms with Gasteiger partial charge in [-0.15, -0.1) is 4.90 Å². The lowest BCUT2D eigenvalue weighted by molar-refractivity contribution is -0.422. The van der Waals surface area contributed by atoms with E-state index in [1.165, 1.54) is 6.21 Å². The maximum atomic E-state index is 12.2. The second-order valence-electron chi connectivity index (χ2n) is 4.22. The summed E-state index contributed by atoms with van der Waals surface area (Å²) in [5.41, 5.74) is 1.31. The molecule has 0 radical (unpaired) electrons. The first-order valence-electron chi connectivity index (χ1n) is 6.09. The highest BCUT2D eigenvalue weighted by atomic mass is 16.3. The van der Waals surface area contributed by atoms with E-state index in [0.29, 0.717) is 5.69 Å². The van der Waals surface area contributed by atoms with Crippen LogP contribution >= 0.6 is 0 Å². The van der Waals surface area contributed by atoms with Crippen LogP contribution in [0.2, 0.25) is 0 Å². The van der Waals surface area contributed by atoms with Crippen molar-refractivity contribution in [2.24, 2.45) is 5.10 Å². The number of benzene rings is 2. The second kappa shape index (κ2) is 4.97. The number of rotatable bonds is 2. The Balaban J connectivity index is 1.95. The van der Waals surface area contributed by atoms with Gasteiger partial charge < -0.3 is 5.11 Å². The van der Waals surface area contributed by atoms with E-state index in [1.54, 1.807) is 24.3 Å². The number of urea groups is 1. The summed E-state index contributed by atoms with van der Waals surface area (Å²) in [6, 6.07) is 16.9. The van der Waals surface area contributed by atoms with E-state index in [9.17, 15) is 9.90 Å². The largest absolute Gasteiger partial charge is 0.824 e. The molecule has 0 unspecified atom stereocenters. The van der Waals surface area contributed by atoms with Crippen LogP contribution in [0.15, 0.2) is 65.8 Å². The number of hydrazone groups is 1. The minimum Gasteiger partial charge on any atom is -0.824 e. The van der Waals surface area contributed by atoms with Crippen molar-refractivity contribution in [2.45, 2.75) is 0 Å². The Morgan fingerprint density at radius 2 is 1.60 bits per heavy atom. The molecule has 2 aromatic carbocycles. The average Bonchev–Trinajstić information content (AvgIpc) is 2.75. The van der Waals surface area contributed by atoms with Crippen molar-refractivity contribution in [3.63, 3.8) is 0 Å². The summed E-state index contributed by atoms with van der Waals surface area (Å²) >= 11 is 0. The van der Waals surface area contributed by atoms with Gasteiger partial charge in [0.15, 0.2) is 0 Å². The third-order valence-electron chi connectivity index (χ3n) is 2.86. The molecule has 0 aromatic heterocycles. The fraction of sp³-hybridized carbons (Fsp3) is 0. The molecule has 0 bridgehead atoms. The first kappa shape index (κ1) is 12.1. The summed E-state index contributed by atoms with van der Waals surface area (Å²) in [5.74, 6) is 0. The zero-order chi connectivity index (χ0) is 13.9. The van der Waals surface area contributed by atoms with Crippen molar-refractivity contribution in [2.75, 3.05) is 4.90 Å². The van der Waals surface area contributed by atoms with E-state index in [-0.39, 0.29) is 0 Å². The molecule has 0 atom stereocenters. The minimum absolute atomic E-state index is 0.481. The van der Waals surface area contributed by atoms with E-state index in [0.717, 1.165) is 15.1 Å². The number of carbonyl (C=O) groups is 1. The third-order valence-corrected chi connectivity index (χ3v) is 2.86. The highest BCUT2D eigenvalue weighted by Gasteiger charge is 2.36. The topological polar surface area (TPSA) is 58.7 Å². The first-order valence-corrected chi connectivity index (χ1v) is 6.09. The van der Waals surface area contributed by atoms with Crippen LogP contribution in [-0.4, -0.2) is 23.0 Å². The van der Waals surface area contributed by atoms with Crippen LogP contribution in [0.3, 0.4) is 0 Å². The molecular formula is C15H11N3O2. The summed E-state index contributed by atoms with van der Waals surface area (Å²) < 4.78 is 1.06. The van der Waals surface area contributed by atoms with Gasteiger partial charge in [-0.3, -0.25) is 0 Å². The zero-order valence-corrected chi connectivity index (χ0v) is 10.5. The van der Waals surface area contributed by atoms with E-state index < -0.39 is 12.1 Å². The average molecular weight is 265 g/mol. The highest BCUT2D eigenvalue weighted by Crippen LogP contribution is 2.17. The Kier molecular flexibility index (Phi) is 3.01. The Bertz CT molecular complexity index is 694. The number of anilines is 1. The lowest BCUT2D eigenvalue weighted by Gasteiger charge is -2.10. The number of carbonyl (C=O) groups excluding carboxylic acids is 1. The van der Waals surface area contributed by atoms with Crippen LogP contribution in [0.4, 0.5) is 10.5 Å². The van der Waals surface area contributed by atoms with Crippen LogP contribution in [0.5, 0.6) is 0 Å². The van der Waals surface area contributed by atoms with Gasteiger partial charge in [0, 0.05) is 5.56 Å². The summed E-state index contributed by atoms with van der Waals surface area (Å²) in [7, 11) is 0. The van der Waals surface area contributed by atoms with Crippen LogP contribution in [0.1, 0.15) is 5.56 Å². The van der Waals surface area contributed by atoms with Crippen LogP contribution < -0.4 is 10.0 Å². The molecule has 0 saturated heterocycles. The number of nitrogens with zero attached hydrogens (tertiary/aromatic N) is 3. The van der Waals surface area contributed by atoms with Crippen molar-refractivity contribution in [3.05, 3.63) is 66.2 Å². The molecule has 20 heavy (non-hydrogen) atoms. The van der Waals surface area contributed by atoms with Crippen molar-refractivity contribution < 1.29 is 14.6 Å². The first-order chi connectivity index (χ1) is 9.75. The third kappa shape index (κ3) is 2.16. The highest BCUT2D eigenvalue weighted by molar-refractivity contribution is 6.12. The molecular weight excluding hydrogens is 254 g/mol. The molecule has 0 fully saturated rings. The maximum absolute atomic E-state index is 12.2. The predicted molar refractivity (Wildman–Crippen MR) is 73.6 cm³/mol. The monoisotopic (exact) mass is 265 g/mol. The standard InChI is InChI=1S/C15H11N3O2/c19-14-16-17(11-12-7-3-1-4-8-12)15(20)18(14)13-9-5-2-6-10-13/h1-11H/b17-11-. The predicted octanol–water partition coefficient (Wildman–Crippen LogP) is 1.39. The molecule has 5 nitrogen and oxygen atoms in total. The Hall–Kier alpha value is -2.95. The second-order valence-corrected chi connectivity index (χ2v) is 4.22. The van der Waals surface area contributed by atoms with Crippen LogP contribution in [0, 0.1) is 0 Å². The normalized spacial score (nSPS) is 16.6. The molecule has 5 heteroatoms. The van der Waals surface area contributed by atoms with Crippen molar-refractivity contribution >= 4 is 24.0 Å². The van der Waals surface area contributed by atoms with Gasteiger partial charge in [0.05, 0.1) is 0 Å². The van der Waals surface area contributed by atoms with Gasteiger partial charge in [-0.1, -0.05) is 53.2 Å². The molecule has 0 aliphatic carbocycles. The van der Waals surface area contributed by atoms with Gasteiger partial charge in [0.25, 0.3) is 0 Å². The maximum Gasteiger partial charge on any atom is 0.529 e. The van der Waals surface area contributed by atoms with Gasteiger partial charge in [-0.05, 0) is 17.2 Å². The molecule has 2 aromatic rings. The van der Waals surface area contributed by atoms with Gasteiger partial charge in [0.1, 0.15) is 11.9 Å². The summed E-state index contributed by atoms with van der Waals surface area (Å²) in [4.78, 5) is 13.3. The fourth-order valence-corrected chi connectivity index (χ4v) is 1.93. The van der Waals surface area contributed by atoms with Gasteiger partial charge in [0.2, 0.25) is 6.02 Å². The lowest BCUT2D eigenvalue weighted by Crippen LogP contribution is -2.40. The minimum atomic E-state index is -0.589. The molecule has 1 heterocycles. The van der Waals surface area contributed by atoms with Gasteiger partial charge in [-0.25, -0.2) is 0 Å². The quantitative estimate of drug-likeness (QED) is 0.770. The summed E-state index contributed by atoms with van der Waals surface area (Å²) in [5, 5.41) is 15.6. The Morgan fingerprint density at radius 1 is 1.00 bits per heavy atom. The molecule has 0 spiro atoms. The molecule has 3 rings (SSSR count). The molecule has 1 aliphatic heterocycles. The van der Waals surface area contributed by atoms with Gasteiger partial charge in [-0.2, -0.15) is 4.79 Å². The van der Waals surface area contributed by atoms with E-state index in [1.807, 2.05) is 36.4 Å². The smallest absolute Gasteiger partial charge is 0.529 e. The summed E-state index contributed by atoms with van der Waals surface area (Å²) in [6.07, 6.45) is 1.53. The fourth-order valence-electron chi connectivity index (χ4n) is 1.93. The lowest BCUT2D eigenvalue weighted by atomic mass is 10.2. The molecule has 98 valence electrons. The van der Waals surface area contributed by atoms with Crippen molar-refractivity contribution in [1.29, 1.82) is 0 Å². The van der Waals surface area contributed by atoms with E-state index in [4.69, 9.17) is 0 Å². The molecule has 1 aliphatic rings. The Labute approximate surface area is 115 Å².